The highest BCUT2D eigenvalue weighted by Crippen LogP contribution is 2.40. The van der Waals surface area contributed by atoms with E-state index < -0.39 is 23.5 Å². The summed E-state index contributed by atoms with van der Waals surface area (Å²) in [6.45, 7) is 0.291. The van der Waals surface area contributed by atoms with Gasteiger partial charge in [-0.3, -0.25) is 9.59 Å². The maximum absolute atomic E-state index is 13.2. The molecule has 0 bridgehead atoms. The molecule has 172 valence electrons. The van der Waals surface area contributed by atoms with E-state index in [4.69, 9.17) is 9.15 Å². The second-order valence-electron chi connectivity index (χ2n) is 8.00. The van der Waals surface area contributed by atoms with Gasteiger partial charge in [-0.1, -0.05) is 28.1 Å². The fourth-order valence-electron chi connectivity index (χ4n) is 4.41. The summed E-state index contributed by atoms with van der Waals surface area (Å²) in [5, 5.41) is 11.8. The average Bonchev–Trinajstić information content (AvgIpc) is 3.57. The Hall–Kier alpha value is -3.78. The summed E-state index contributed by atoms with van der Waals surface area (Å²) < 4.78 is 11.4. The summed E-state index contributed by atoms with van der Waals surface area (Å²) >= 11 is 3.46. The molecule has 1 aliphatic heterocycles. The van der Waals surface area contributed by atoms with Crippen LogP contribution in [0.2, 0.25) is 0 Å². The molecule has 34 heavy (non-hydrogen) atoms. The van der Waals surface area contributed by atoms with E-state index >= 15 is 0 Å². The molecule has 0 fully saturated rings. The van der Waals surface area contributed by atoms with E-state index in [1.54, 1.807) is 13.2 Å². The predicted octanol–water partition coefficient (Wildman–Crippen LogP) is 5.35. The number of aliphatic hydroxyl groups excluding tert-OH is 1. The Labute approximate surface area is 203 Å². The topological polar surface area (TPSA) is 95.8 Å². The van der Waals surface area contributed by atoms with Crippen LogP contribution in [-0.4, -0.2) is 40.3 Å². The number of benzene rings is 2. The van der Waals surface area contributed by atoms with E-state index in [-0.39, 0.29) is 11.3 Å². The van der Waals surface area contributed by atoms with Crippen molar-refractivity contribution >= 4 is 38.5 Å². The second kappa shape index (κ2) is 8.87. The molecule has 0 saturated carbocycles. The summed E-state index contributed by atoms with van der Waals surface area (Å²) in [6, 6.07) is 15.5. The van der Waals surface area contributed by atoms with Crippen LogP contribution in [0, 0.1) is 0 Å². The third kappa shape index (κ3) is 3.80. The molecule has 0 radical (unpaired) electrons. The lowest BCUT2D eigenvalue weighted by molar-refractivity contribution is -0.129. The van der Waals surface area contributed by atoms with Gasteiger partial charge in [0.05, 0.1) is 25.0 Å². The number of ether oxygens (including phenoxy) is 1. The highest BCUT2D eigenvalue weighted by Gasteiger charge is 2.44. The van der Waals surface area contributed by atoms with Gasteiger partial charge in [-0.15, -0.1) is 0 Å². The molecule has 0 saturated heterocycles. The molecule has 5 rings (SSSR count). The molecule has 1 atom stereocenters. The van der Waals surface area contributed by atoms with Gasteiger partial charge in [0.25, 0.3) is 5.91 Å². The zero-order valence-electron chi connectivity index (χ0n) is 18.2. The number of amides is 1. The van der Waals surface area contributed by atoms with Gasteiger partial charge in [0.2, 0.25) is 5.78 Å². The number of furan rings is 1. The Bertz CT molecular complexity index is 1420. The summed E-state index contributed by atoms with van der Waals surface area (Å²) in [7, 11) is 1.62. The van der Waals surface area contributed by atoms with Crippen molar-refractivity contribution in [2.75, 3.05) is 13.7 Å². The number of hydrogen-bond donors (Lipinski definition) is 2. The van der Waals surface area contributed by atoms with Crippen molar-refractivity contribution in [2.24, 2.45) is 0 Å². The Morgan fingerprint density at radius 2 is 2.06 bits per heavy atom. The maximum atomic E-state index is 13.2. The van der Waals surface area contributed by atoms with Gasteiger partial charge in [0.1, 0.15) is 5.75 Å². The van der Waals surface area contributed by atoms with Crippen LogP contribution in [0.3, 0.4) is 0 Å². The lowest BCUT2D eigenvalue weighted by Gasteiger charge is -2.27. The van der Waals surface area contributed by atoms with Crippen LogP contribution >= 0.6 is 15.9 Å². The van der Waals surface area contributed by atoms with Crippen LogP contribution in [0.5, 0.6) is 5.75 Å². The number of rotatable bonds is 7. The zero-order valence-corrected chi connectivity index (χ0v) is 19.8. The van der Waals surface area contributed by atoms with Gasteiger partial charge in [-0.2, -0.15) is 0 Å². The van der Waals surface area contributed by atoms with Crippen molar-refractivity contribution in [3.05, 3.63) is 99.7 Å². The summed E-state index contributed by atoms with van der Waals surface area (Å²) in [5.74, 6) is -0.840. The number of Topliss-reactive ketones (excluding diaryl/α,β-unsaturated/α-hetero) is 1. The monoisotopic (exact) mass is 520 g/mol. The number of hydrogen-bond acceptors (Lipinski definition) is 5. The Morgan fingerprint density at radius 1 is 1.21 bits per heavy atom. The molecular formula is C26H21BrN2O5. The number of halogens is 1. The molecule has 0 spiro atoms. The first-order valence-electron chi connectivity index (χ1n) is 10.7. The largest absolute Gasteiger partial charge is 0.503 e. The predicted molar refractivity (Wildman–Crippen MR) is 130 cm³/mol. The maximum Gasteiger partial charge on any atom is 0.290 e. The fraction of sp³-hybridized carbons (Fsp3) is 0.154. The number of carbonyl (C=O) groups excluding carboxylic acids is 2. The van der Waals surface area contributed by atoms with Crippen LogP contribution < -0.4 is 4.74 Å². The summed E-state index contributed by atoms with van der Waals surface area (Å²) in [4.78, 5) is 31.2. The minimum absolute atomic E-state index is 0.0126. The Balaban J connectivity index is 1.51. The van der Waals surface area contributed by atoms with Crippen molar-refractivity contribution in [1.82, 2.24) is 9.88 Å². The SMILES string of the molecule is COc1ccc2[nH]cc(CCN3C(=O)C(O)=C(C(=O)c4ccco4)[C@H]3c3cccc(Br)c3)c2c1. The minimum Gasteiger partial charge on any atom is -0.503 e. The standard InChI is InChI=1S/C26H21BrN2O5/c1-33-18-7-8-20-19(13-18)16(14-28-20)9-10-29-23(15-4-2-5-17(27)12-15)22(25(31)26(29)32)24(30)21-6-3-11-34-21/h2-8,11-14,23,28,31H,9-10H2,1H3/t23-/m1/s1. The molecule has 2 aromatic heterocycles. The van der Waals surface area contributed by atoms with Gasteiger partial charge in [-0.25, -0.2) is 0 Å². The Morgan fingerprint density at radius 3 is 2.79 bits per heavy atom. The minimum atomic E-state index is -0.748. The van der Waals surface area contributed by atoms with Gasteiger partial charge in [0.15, 0.2) is 11.5 Å². The number of nitrogens with one attached hydrogen (secondary N) is 1. The smallest absolute Gasteiger partial charge is 0.290 e. The van der Waals surface area contributed by atoms with Crippen molar-refractivity contribution in [3.8, 4) is 5.75 Å². The first-order valence-corrected chi connectivity index (χ1v) is 11.5. The third-order valence-corrected chi connectivity index (χ3v) is 6.55. The third-order valence-electron chi connectivity index (χ3n) is 6.05. The molecule has 2 N–H and O–H groups in total. The second-order valence-corrected chi connectivity index (χ2v) is 8.92. The van der Waals surface area contributed by atoms with Crippen LogP contribution in [0.1, 0.15) is 27.7 Å². The Kier molecular flexibility index (Phi) is 5.75. The first-order chi connectivity index (χ1) is 16.5. The van der Waals surface area contributed by atoms with Crippen molar-refractivity contribution < 1.29 is 23.8 Å². The number of aromatic amines is 1. The quantitative estimate of drug-likeness (QED) is 0.320. The summed E-state index contributed by atoms with van der Waals surface area (Å²) in [5.41, 5.74) is 2.68. The molecular weight excluding hydrogens is 500 g/mol. The van der Waals surface area contributed by atoms with Gasteiger partial charge in [-0.05, 0) is 60.0 Å². The van der Waals surface area contributed by atoms with Crippen LogP contribution in [-0.2, 0) is 11.2 Å². The lowest BCUT2D eigenvalue weighted by atomic mass is 9.95. The van der Waals surface area contributed by atoms with Crippen molar-refractivity contribution in [1.29, 1.82) is 0 Å². The first kappa shape index (κ1) is 22.0. The van der Waals surface area contributed by atoms with Gasteiger partial charge < -0.3 is 24.1 Å². The summed E-state index contributed by atoms with van der Waals surface area (Å²) in [6.07, 6.45) is 3.80. The molecule has 0 unspecified atom stereocenters. The van der Waals surface area contributed by atoms with Crippen molar-refractivity contribution in [2.45, 2.75) is 12.5 Å². The number of fused-ring (bicyclic) bond motifs is 1. The number of nitrogens with zero attached hydrogens (tertiary/aromatic N) is 1. The molecule has 0 aliphatic carbocycles. The normalized spacial score (nSPS) is 16.0. The van der Waals surface area contributed by atoms with E-state index in [0.717, 1.165) is 26.7 Å². The highest BCUT2D eigenvalue weighted by molar-refractivity contribution is 9.10. The molecule has 2 aromatic carbocycles. The van der Waals surface area contributed by atoms with E-state index in [1.807, 2.05) is 48.7 Å². The fourth-order valence-corrected chi connectivity index (χ4v) is 4.83. The average molecular weight is 521 g/mol. The number of ketones is 1. The van der Waals surface area contributed by atoms with Crippen LogP contribution in [0.4, 0.5) is 0 Å². The number of aliphatic hydroxyl groups is 1. The van der Waals surface area contributed by atoms with Crippen LogP contribution in [0.25, 0.3) is 10.9 Å². The van der Waals surface area contributed by atoms with Gasteiger partial charge in [0, 0.05) is 28.1 Å². The zero-order chi connectivity index (χ0) is 23.8. The lowest BCUT2D eigenvalue weighted by Crippen LogP contribution is -2.33. The number of aromatic nitrogens is 1. The number of H-pyrrole nitrogens is 1. The molecule has 8 heteroatoms. The van der Waals surface area contributed by atoms with E-state index in [0.29, 0.717) is 18.5 Å². The molecule has 1 aliphatic rings. The van der Waals surface area contributed by atoms with Crippen LogP contribution in [0.15, 0.2) is 87.3 Å². The van der Waals surface area contributed by atoms with Gasteiger partial charge >= 0.3 is 0 Å². The number of carbonyl (C=O) groups is 2. The highest BCUT2D eigenvalue weighted by atomic mass is 79.9. The van der Waals surface area contributed by atoms with E-state index in [9.17, 15) is 14.7 Å². The number of methoxy groups -OCH3 is 1. The molecule has 3 heterocycles. The molecule has 4 aromatic rings. The molecule has 1 amide bonds. The van der Waals surface area contributed by atoms with E-state index in [1.165, 1.54) is 17.2 Å². The molecule has 7 nitrogen and oxygen atoms in total. The van der Waals surface area contributed by atoms with Crippen molar-refractivity contribution in [3.63, 3.8) is 0 Å². The van der Waals surface area contributed by atoms with E-state index in [2.05, 4.69) is 20.9 Å².